The molecule has 0 aliphatic rings. The summed E-state index contributed by atoms with van der Waals surface area (Å²) < 4.78 is 12.8. The van der Waals surface area contributed by atoms with Gasteiger partial charge in [-0.2, -0.15) is 0 Å². The van der Waals surface area contributed by atoms with Gasteiger partial charge in [0.25, 0.3) is 0 Å². The van der Waals surface area contributed by atoms with E-state index in [-0.39, 0.29) is 5.82 Å². The van der Waals surface area contributed by atoms with Gasteiger partial charge in [-0.05, 0) is 35.7 Å². The third-order valence-corrected chi connectivity index (χ3v) is 2.64. The van der Waals surface area contributed by atoms with Crippen molar-refractivity contribution in [3.05, 3.63) is 59.4 Å². The van der Waals surface area contributed by atoms with Crippen molar-refractivity contribution < 1.29 is 4.39 Å². The van der Waals surface area contributed by atoms with Crippen LogP contribution >= 0.6 is 0 Å². The van der Waals surface area contributed by atoms with Crippen LogP contribution in [-0.2, 0) is 6.54 Å². The summed E-state index contributed by atoms with van der Waals surface area (Å²) in [6.45, 7) is 2.53. The summed E-state index contributed by atoms with van der Waals surface area (Å²) >= 11 is 0. The monoisotopic (exact) mass is 215 g/mol. The number of nitrogens with two attached hydrogens (primary N) is 1. The van der Waals surface area contributed by atoms with Crippen LogP contribution in [0.25, 0.3) is 11.1 Å². The first-order chi connectivity index (χ1) is 7.70. The minimum atomic E-state index is -0.217. The van der Waals surface area contributed by atoms with Crippen LogP contribution in [0.2, 0.25) is 0 Å². The van der Waals surface area contributed by atoms with Gasteiger partial charge in [0.15, 0.2) is 0 Å². The Morgan fingerprint density at radius 2 is 1.75 bits per heavy atom. The van der Waals surface area contributed by atoms with Gasteiger partial charge < -0.3 is 5.73 Å². The lowest BCUT2D eigenvalue weighted by atomic mass is 9.98. The molecule has 1 nitrogen and oxygen atoms in total. The maximum absolute atomic E-state index is 12.8. The maximum Gasteiger partial charge on any atom is 0.123 e. The van der Waals surface area contributed by atoms with E-state index >= 15 is 0 Å². The van der Waals surface area contributed by atoms with Crippen molar-refractivity contribution >= 4 is 0 Å². The molecule has 0 saturated heterocycles. The number of halogens is 1. The summed E-state index contributed by atoms with van der Waals surface area (Å²) in [4.78, 5) is 0. The zero-order valence-electron chi connectivity index (χ0n) is 9.20. The van der Waals surface area contributed by atoms with Gasteiger partial charge in [-0.1, -0.05) is 35.9 Å². The molecule has 2 N–H and O–H groups in total. The van der Waals surface area contributed by atoms with Gasteiger partial charge >= 0.3 is 0 Å². The second kappa shape index (κ2) is 4.45. The Morgan fingerprint density at radius 1 is 1.06 bits per heavy atom. The van der Waals surface area contributed by atoms with Crippen molar-refractivity contribution in [3.8, 4) is 11.1 Å². The van der Waals surface area contributed by atoms with Gasteiger partial charge in [0.2, 0.25) is 0 Å². The maximum atomic E-state index is 12.8. The molecule has 2 heteroatoms. The molecule has 0 fully saturated rings. The lowest BCUT2D eigenvalue weighted by molar-refractivity contribution is 0.628. The van der Waals surface area contributed by atoms with Gasteiger partial charge in [-0.15, -0.1) is 0 Å². The van der Waals surface area contributed by atoms with Crippen molar-refractivity contribution in [1.82, 2.24) is 0 Å². The molecule has 0 aliphatic carbocycles. The van der Waals surface area contributed by atoms with Crippen molar-refractivity contribution in [3.63, 3.8) is 0 Å². The third kappa shape index (κ3) is 2.12. The largest absolute Gasteiger partial charge is 0.326 e. The van der Waals surface area contributed by atoms with Crippen LogP contribution in [0.3, 0.4) is 0 Å². The average molecular weight is 215 g/mol. The van der Waals surface area contributed by atoms with Gasteiger partial charge in [0.1, 0.15) is 5.82 Å². The summed E-state index contributed by atoms with van der Waals surface area (Å²) in [5.74, 6) is -0.217. The molecular weight excluding hydrogens is 201 g/mol. The molecule has 0 amide bonds. The van der Waals surface area contributed by atoms with Crippen molar-refractivity contribution in [2.45, 2.75) is 13.5 Å². The van der Waals surface area contributed by atoms with Crippen molar-refractivity contribution in [2.24, 2.45) is 5.73 Å². The first kappa shape index (κ1) is 10.8. The van der Waals surface area contributed by atoms with Crippen molar-refractivity contribution in [1.29, 1.82) is 0 Å². The summed E-state index contributed by atoms with van der Waals surface area (Å²) in [5.41, 5.74) is 10.0. The topological polar surface area (TPSA) is 26.0 Å². The first-order valence-corrected chi connectivity index (χ1v) is 5.26. The number of benzene rings is 2. The molecule has 0 spiro atoms. The Kier molecular flexibility index (Phi) is 3.02. The van der Waals surface area contributed by atoms with E-state index in [2.05, 4.69) is 6.07 Å². The van der Waals surface area contributed by atoms with Crippen LogP contribution in [0.4, 0.5) is 4.39 Å². The van der Waals surface area contributed by atoms with Crippen LogP contribution < -0.4 is 5.73 Å². The molecule has 0 aromatic heterocycles. The molecule has 0 saturated carbocycles. The van der Waals surface area contributed by atoms with E-state index in [1.165, 1.54) is 17.7 Å². The fourth-order valence-electron chi connectivity index (χ4n) is 1.77. The molecule has 82 valence electrons. The lowest BCUT2D eigenvalue weighted by Crippen LogP contribution is -1.99. The van der Waals surface area contributed by atoms with E-state index in [1.807, 2.05) is 19.1 Å². The average Bonchev–Trinajstić information content (AvgIpc) is 2.30. The Bertz CT molecular complexity index is 489. The van der Waals surface area contributed by atoms with Crippen LogP contribution in [0, 0.1) is 12.7 Å². The van der Waals surface area contributed by atoms with E-state index in [0.717, 1.165) is 16.7 Å². The summed E-state index contributed by atoms with van der Waals surface area (Å²) in [6, 6.07) is 12.6. The highest BCUT2D eigenvalue weighted by molar-refractivity contribution is 5.68. The SMILES string of the molecule is Cc1ccc(CN)c(-c2ccc(F)cc2)c1. The molecule has 2 rings (SSSR count). The van der Waals surface area contributed by atoms with Crippen LogP contribution in [0.15, 0.2) is 42.5 Å². The smallest absolute Gasteiger partial charge is 0.123 e. The highest BCUT2D eigenvalue weighted by Gasteiger charge is 2.04. The zero-order valence-corrected chi connectivity index (χ0v) is 9.20. The standard InChI is InChI=1S/C14H14FN/c1-10-2-3-12(9-16)14(8-10)11-4-6-13(15)7-5-11/h2-8H,9,16H2,1H3. The Morgan fingerprint density at radius 3 is 2.38 bits per heavy atom. The molecule has 0 heterocycles. The Labute approximate surface area is 94.7 Å². The molecule has 0 unspecified atom stereocenters. The molecule has 0 aliphatic heterocycles. The lowest BCUT2D eigenvalue weighted by Gasteiger charge is -2.09. The summed E-state index contributed by atoms with van der Waals surface area (Å²) in [7, 11) is 0. The Balaban J connectivity index is 2.53. The molecule has 0 radical (unpaired) electrons. The minimum absolute atomic E-state index is 0.217. The van der Waals surface area contributed by atoms with E-state index in [9.17, 15) is 4.39 Å². The molecule has 0 atom stereocenters. The van der Waals surface area contributed by atoms with E-state index in [1.54, 1.807) is 12.1 Å². The van der Waals surface area contributed by atoms with Crippen LogP contribution in [-0.4, -0.2) is 0 Å². The molecule has 0 bridgehead atoms. The summed E-state index contributed by atoms with van der Waals surface area (Å²) in [6.07, 6.45) is 0. The minimum Gasteiger partial charge on any atom is -0.326 e. The van der Waals surface area contributed by atoms with E-state index in [4.69, 9.17) is 5.73 Å². The molecule has 2 aromatic rings. The second-order valence-electron chi connectivity index (χ2n) is 3.87. The fraction of sp³-hybridized carbons (Fsp3) is 0.143. The van der Waals surface area contributed by atoms with Crippen molar-refractivity contribution in [2.75, 3.05) is 0 Å². The predicted octanol–water partition coefficient (Wildman–Crippen LogP) is 3.26. The van der Waals surface area contributed by atoms with Gasteiger partial charge in [0.05, 0.1) is 0 Å². The number of aryl methyl sites for hydroxylation is 1. The third-order valence-electron chi connectivity index (χ3n) is 2.64. The molecule has 2 aromatic carbocycles. The van der Waals surface area contributed by atoms with E-state index < -0.39 is 0 Å². The highest BCUT2D eigenvalue weighted by Crippen LogP contribution is 2.24. The normalized spacial score (nSPS) is 10.4. The first-order valence-electron chi connectivity index (χ1n) is 5.26. The second-order valence-corrected chi connectivity index (χ2v) is 3.87. The van der Waals surface area contributed by atoms with Gasteiger partial charge in [-0.25, -0.2) is 4.39 Å². The molecule has 16 heavy (non-hydrogen) atoms. The van der Waals surface area contributed by atoms with Crippen LogP contribution in [0.1, 0.15) is 11.1 Å². The quantitative estimate of drug-likeness (QED) is 0.817. The van der Waals surface area contributed by atoms with Gasteiger partial charge in [-0.3, -0.25) is 0 Å². The Hall–Kier alpha value is -1.67. The summed E-state index contributed by atoms with van der Waals surface area (Å²) in [5, 5.41) is 0. The number of rotatable bonds is 2. The fourth-order valence-corrected chi connectivity index (χ4v) is 1.77. The highest BCUT2D eigenvalue weighted by atomic mass is 19.1. The predicted molar refractivity (Wildman–Crippen MR) is 64.5 cm³/mol. The molecular formula is C14H14FN. The van der Waals surface area contributed by atoms with Gasteiger partial charge in [0, 0.05) is 6.54 Å². The van der Waals surface area contributed by atoms with Crippen LogP contribution in [0.5, 0.6) is 0 Å². The number of hydrogen-bond acceptors (Lipinski definition) is 1. The van der Waals surface area contributed by atoms with E-state index in [0.29, 0.717) is 6.54 Å². The zero-order chi connectivity index (χ0) is 11.5. The number of hydrogen-bond donors (Lipinski definition) is 1.